The number of ketones is 1. The highest BCUT2D eigenvalue weighted by Gasteiger charge is 2.27. The fourth-order valence-electron chi connectivity index (χ4n) is 3.24. The van der Waals surface area contributed by atoms with Crippen LogP contribution >= 0.6 is 0 Å². The molecule has 2 atom stereocenters. The van der Waals surface area contributed by atoms with Gasteiger partial charge in [0, 0.05) is 12.5 Å². The van der Waals surface area contributed by atoms with Gasteiger partial charge in [-0.2, -0.15) is 0 Å². The molecular weight excluding hydrogens is 290 g/mol. The third-order valence-electron chi connectivity index (χ3n) is 4.36. The van der Waals surface area contributed by atoms with Crippen LogP contribution in [0.5, 0.6) is 0 Å². The molecule has 1 N–H and O–H groups in total. The van der Waals surface area contributed by atoms with Gasteiger partial charge in [-0.25, -0.2) is 0 Å². The molecular formula is C19H21NO3. The van der Waals surface area contributed by atoms with E-state index in [1.54, 1.807) is 12.1 Å². The summed E-state index contributed by atoms with van der Waals surface area (Å²) in [5, 5.41) is 2.98. The van der Waals surface area contributed by atoms with Crippen LogP contribution in [0, 0.1) is 0 Å². The number of amides is 1. The number of Topliss-reactive ketones (excluding diaryl/α,β-unsaturated/α-hetero) is 1. The van der Waals surface area contributed by atoms with E-state index in [4.69, 9.17) is 4.42 Å². The number of fused-ring (bicyclic) bond motifs is 1. The number of aryl methyl sites for hydroxylation is 1. The Morgan fingerprint density at radius 3 is 2.87 bits per heavy atom. The number of carbonyl (C=O) groups is 2. The summed E-state index contributed by atoms with van der Waals surface area (Å²) in [4.78, 5) is 24.6. The van der Waals surface area contributed by atoms with Gasteiger partial charge < -0.3 is 9.73 Å². The van der Waals surface area contributed by atoms with E-state index in [1.165, 1.54) is 11.8 Å². The van der Waals surface area contributed by atoms with Crippen molar-refractivity contribution >= 4 is 11.7 Å². The van der Waals surface area contributed by atoms with E-state index in [-0.39, 0.29) is 30.1 Å². The summed E-state index contributed by atoms with van der Waals surface area (Å²) >= 11 is 0. The minimum Gasteiger partial charge on any atom is -0.461 e. The van der Waals surface area contributed by atoms with Crippen LogP contribution in [-0.4, -0.2) is 17.7 Å². The molecule has 3 rings (SSSR count). The highest BCUT2D eigenvalue weighted by Crippen LogP contribution is 2.31. The Bertz CT molecular complexity index is 690. The smallest absolute Gasteiger partial charge is 0.227 e. The Kier molecular flexibility index (Phi) is 4.60. The molecule has 1 aromatic carbocycles. The molecule has 1 aromatic heterocycles. The molecule has 2 unspecified atom stereocenters. The number of furan rings is 1. The largest absolute Gasteiger partial charge is 0.461 e. The van der Waals surface area contributed by atoms with E-state index in [1.807, 2.05) is 25.1 Å². The zero-order valence-electron chi connectivity index (χ0n) is 13.2. The minimum atomic E-state index is -0.214. The lowest BCUT2D eigenvalue weighted by Crippen LogP contribution is -2.38. The summed E-state index contributed by atoms with van der Waals surface area (Å²) in [6.45, 7) is 1.85. The molecule has 0 saturated carbocycles. The molecule has 2 aromatic rings. The first kappa shape index (κ1) is 15.5. The number of benzene rings is 1. The van der Waals surface area contributed by atoms with Gasteiger partial charge >= 0.3 is 0 Å². The van der Waals surface area contributed by atoms with E-state index in [9.17, 15) is 9.59 Å². The second kappa shape index (κ2) is 6.82. The Morgan fingerprint density at radius 1 is 1.26 bits per heavy atom. The van der Waals surface area contributed by atoms with E-state index >= 15 is 0 Å². The van der Waals surface area contributed by atoms with E-state index in [0.717, 1.165) is 24.8 Å². The number of carbonyl (C=O) groups excluding carboxylic acids is 2. The van der Waals surface area contributed by atoms with Crippen LogP contribution in [0.3, 0.4) is 0 Å². The predicted molar refractivity (Wildman–Crippen MR) is 87.4 cm³/mol. The summed E-state index contributed by atoms with van der Waals surface area (Å²) < 4.78 is 5.10. The van der Waals surface area contributed by atoms with Crippen molar-refractivity contribution in [1.29, 1.82) is 0 Å². The van der Waals surface area contributed by atoms with Crippen molar-refractivity contribution in [2.24, 2.45) is 0 Å². The molecule has 0 radical (unpaired) electrons. The molecule has 4 heteroatoms. The SMILES string of the molecule is CC(CC(=O)c1ccco1)NC(=O)C1CCCc2ccccc21. The topological polar surface area (TPSA) is 59.3 Å². The molecule has 23 heavy (non-hydrogen) atoms. The zero-order chi connectivity index (χ0) is 16.2. The van der Waals surface area contributed by atoms with Crippen LogP contribution in [0.4, 0.5) is 0 Å². The molecule has 4 nitrogen and oxygen atoms in total. The maximum Gasteiger partial charge on any atom is 0.227 e. The molecule has 1 amide bonds. The Labute approximate surface area is 135 Å². The van der Waals surface area contributed by atoms with Gasteiger partial charge in [0.05, 0.1) is 12.2 Å². The van der Waals surface area contributed by atoms with Gasteiger partial charge in [0.15, 0.2) is 11.5 Å². The maximum atomic E-state index is 12.6. The van der Waals surface area contributed by atoms with Crippen LogP contribution in [-0.2, 0) is 11.2 Å². The lowest BCUT2D eigenvalue weighted by molar-refractivity contribution is -0.123. The molecule has 120 valence electrons. The van der Waals surface area contributed by atoms with Crippen molar-refractivity contribution in [2.45, 2.75) is 44.6 Å². The number of hydrogen-bond acceptors (Lipinski definition) is 3. The second-order valence-corrected chi connectivity index (χ2v) is 6.16. The van der Waals surface area contributed by atoms with Gasteiger partial charge in [0.2, 0.25) is 5.91 Å². The van der Waals surface area contributed by atoms with Crippen molar-refractivity contribution in [3.05, 3.63) is 59.5 Å². The monoisotopic (exact) mass is 311 g/mol. The van der Waals surface area contributed by atoms with Gasteiger partial charge in [0.1, 0.15) is 0 Å². The average molecular weight is 311 g/mol. The van der Waals surface area contributed by atoms with E-state index in [2.05, 4.69) is 11.4 Å². The lowest BCUT2D eigenvalue weighted by Gasteiger charge is -2.26. The van der Waals surface area contributed by atoms with Crippen LogP contribution < -0.4 is 5.32 Å². The van der Waals surface area contributed by atoms with Gasteiger partial charge in [-0.15, -0.1) is 0 Å². The zero-order valence-corrected chi connectivity index (χ0v) is 13.2. The van der Waals surface area contributed by atoms with E-state index in [0.29, 0.717) is 5.76 Å². The first-order valence-electron chi connectivity index (χ1n) is 8.10. The summed E-state index contributed by atoms with van der Waals surface area (Å²) in [6.07, 6.45) is 4.64. The van der Waals surface area contributed by atoms with Gasteiger partial charge in [-0.1, -0.05) is 24.3 Å². The van der Waals surface area contributed by atoms with Crippen molar-refractivity contribution in [1.82, 2.24) is 5.32 Å². The Hall–Kier alpha value is -2.36. The van der Waals surface area contributed by atoms with Crippen molar-refractivity contribution in [2.75, 3.05) is 0 Å². The summed E-state index contributed by atoms with van der Waals surface area (Å²) in [5.74, 6) is 0.152. The summed E-state index contributed by atoms with van der Waals surface area (Å²) in [7, 11) is 0. The molecule has 1 aliphatic rings. The maximum absolute atomic E-state index is 12.6. The Morgan fingerprint density at radius 2 is 2.09 bits per heavy atom. The van der Waals surface area contributed by atoms with E-state index < -0.39 is 0 Å². The number of hydrogen-bond donors (Lipinski definition) is 1. The first-order valence-corrected chi connectivity index (χ1v) is 8.10. The number of rotatable bonds is 5. The fourth-order valence-corrected chi connectivity index (χ4v) is 3.24. The molecule has 0 aliphatic heterocycles. The molecule has 0 saturated heterocycles. The van der Waals surface area contributed by atoms with Crippen LogP contribution in [0.25, 0.3) is 0 Å². The van der Waals surface area contributed by atoms with Crippen molar-refractivity contribution < 1.29 is 14.0 Å². The van der Waals surface area contributed by atoms with Crippen LogP contribution in [0.15, 0.2) is 47.1 Å². The summed E-state index contributed by atoms with van der Waals surface area (Å²) in [6, 6.07) is 11.3. The standard InChI is InChI=1S/C19H21NO3/c1-13(12-17(21)18-10-5-11-23-18)20-19(22)16-9-4-7-14-6-2-3-8-15(14)16/h2-3,5-6,8,10-11,13,16H,4,7,9,12H2,1H3,(H,20,22). The van der Waals surface area contributed by atoms with Gasteiger partial charge in [-0.3, -0.25) is 9.59 Å². The van der Waals surface area contributed by atoms with Gasteiger partial charge in [0.25, 0.3) is 0 Å². The second-order valence-electron chi connectivity index (χ2n) is 6.16. The molecule has 0 bridgehead atoms. The van der Waals surface area contributed by atoms with Crippen molar-refractivity contribution in [3.8, 4) is 0 Å². The quantitative estimate of drug-likeness (QED) is 0.860. The minimum absolute atomic E-state index is 0.0110. The van der Waals surface area contributed by atoms with Crippen LogP contribution in [0.1, 0.15) is 53.8 Å². The highest BCUT2D eigenvalue weighted by atomic mass is 16.3. The third kappa shape index (κ3) is 3.52. The first-order chi connectivity index (χ1) is 11.1. The van der Waals surface area contributed by atoms with Gasteiger partial charge in [-0.05, 0) is 49.4 Å². The normalized spacial score (nSPS) is 18.0. The fraction of sp³-hybridized carbons (Fsp3) is 0.368. The number of nitrogens with one attached hydrogen (secondary N) is 1. The summed E-state index contributed by atoms with van der Waals surface area (Å²) in [5.41, 5.74) is 2.39. The Balaban J connectivity index is 1.62. The van der Waals surface area contributed by atoms with Crippen molar-refractivity contribution in [3.63, 3.8) is 0 Å². The third-order valence-corrected chi connectivity index (χ3v) is 4.36. The van der Waals surface area contributed by atoms with Crippen LogP contribution in [0.2, 0.25) is 0 Å². The highest BCUT2D eigenvalue weighted by molar-refractivity contribution is 5.94. The molecule has 0 spiro atoms. The average Bonchev–Trinajstić information content (AvgIpc) is 3.08. The molecule has 1 aliphatic carbocycles. The lowest BCUT2D eigenvalue weighted by atomic mass is 9.82. The molecule has 0 fully saturated rings. The predicted octanol–water partition coefficient (Wildman–Crippen LogP) is 3.48. The molecule has 1 heterocycles.